The van der Waals surface area contributed by atoms with Crippen molar-refractivity contribution < 1.29 is 19.1 Å². The molecule has 6 heteroatoms. The van der Waals surface area contributed by atoms with Crippen LogP contribution in [0, 0.1) is 13.8 Å². The fraction of sp³-hybridized carbons (Fsp3) is 0.286. The van der Waals surface area contributed by atoms with Crippen molar-refractivity contribution in [2.45, 2.75) is 27.7 Å². The number of ether oxygens (including phenoxy) is 1. The minimum atomic E-state index is -0.409. The van der Waals surface area contributed by atoms with E-state index < -0.39 is 5.97 Å². The van der Waals surface area contributed by atoms with Crippen LogP contribution in [0.5, 0.6) is 0 Å². The summed E-state index contributed by atoms with van der Waals surface area (Å²) in [6.07, 6.45) is 0. The molecule has 0 radical (unpaired) electrons. The van der Waals surface area contributed by atoms with Gasteiger partial charge in [-0.05, 0) is 56.7 Å². The van der Waals surface area contributed by atoms with Crippen LogP contribution in [0.1, 0.15) is 35.3 Å². The number of esters is 1. The Hall–Kier alpha value is -3.15. The van der Waals surface area contributed by atoms with Crippen LogP contribution in [-0.2, 0) is 14.3 Å². The van der Waals surface area contributed by atoms with Gasteiger partial charge in [0.15, 0.2) is 0 Å². The van der Waals surface area contributed by atoms with E-state index in [-0.39, 0.29) is 18.4 Å². The Kier molecular flexibility index (Phi) is 6.71. The van der Waals surface area contributed by atoms with Crippen molar-refractivity contribution in [2.75, 3.05) is 23.4 Å². The normalized spacial score (nSPS) is 10.2. The minimum Gasteiger partial charge on any atom is -0.462 e. The van der Waals surface area contributed by atoms with E-state index >= 15 is 0 Å². The molecule has 27 heavy (non-hydrogen) atoms. The molecule has 0 aliphatic heterocycles. The van der Waals surface area contributed by atoms with Gasteiger partial charge in [0.25, 0.3) is 0 Å². The number of amides is 2. The maximum absolute atomic E-state index is 12.4. The summed E-state index contributed by atoms with van der Waals surface area (Å²) >= 11 is 0. The third-order valence-corrected chi connectivity index (χ3v) is 4.00. The number of carbonyl (C=O) groups excluding carboxylic acids is 3. The molecule has 2 amide bonds. The Balaban J connectivity index is 2.08. The second kappa shape index (κ2) is 8.98. The van der Waals surface area contributed by atoms with Gasteiger partial charge in [0.2, 0.25) is 11.8 Å². The Labute approximate surface area is 159 Å². The molecule has 0 heterocycles. The highest BCUT2D eigenvalue weighted by Gasteiger charge is 2.18. The highest BCUT2D eigenvalue weighted by molar-refractivity contribution is 6.02. The molecule has 1 N–H and O–H groups in total. The smallest absolute Gasteiger partial charge is 0.338 e. The molecule has 0 unspecified atom stereocenters. The molecule has 2 rings (SSSR count). The van der Waals surface area contributed by atoms with Crippen molar-refractivity contribution in [3.8, 4) is 0 Å². The van der Waals surface area contributed by atoms with Gasteiger partial charge in [0.05, 0.1) is 12.2 Å². The lowest BCUT2D eigenvalue weighted by molar-refractivity contribution is -0.120. The third kappa shape index (κ3) is 5.41. The molecule has 0 aromatic heterocycles. The number of carbonyl (C=O) groups is 3. The molecular formula is C21H24N2O4. The number of nitrogens with one attached hydrogen (secondary N) is 1. The second-order valence-corrected chi connectivity index (χ2v) is 6.24. The molecule has 0 fully saturated rings. The van der Waals surface area contributed by atoms with Crippen LogP contribution >= 0.6 is 0 Å². The minimum absolute atomic E-state index is 0.0984. The lowest BCUT2D eigenvalue weighted by Crippen LogP contribution is -2.37. The zero-order chi connectivity index (χ0) is 20.0. The summed E-state index contributed by atoms with van der Waals surface area (Å²) in [6, 6.07) is 12.1. The predicted octanol–water partition coefficient (Wildman–Crippen LogP) is 3.47. The van der Waals surface area contributed by atoms with E-state index in [1.54, 1.807) is 31.2 Å². The first-order chi connectivity index (χ1) is 12.8. The molecule has 6 nitrogen and oxygen atoms in total. The Morgan fingerprint density at radius 1 is 1.04 bits per heavy atom. The van der Waals surface area contributed by atoms with Crippen LogP contribution in [-0.4, -0.2) is 30.9 Å². The average molecular weight is 368 g/mol. The molecule has 0 aliphatic carbocycles. The maximum atomic E-state index is 12.4. The zero-order valence-corrected chi connectivity index (χ0v) is 16.0. The largest absolute Gasteiger partial charge is 0.462 e. The lowest BCUT2D eigenvalue weighted by atomic mass is 10.1. The highest BCUT2D eigenvalue weighted by Crippen LogP contribution is 2.21. The van der Waals surface area contributed by atoms with E-state index in [1.807, 2.05) is 32.0 Å². The van der Waals surface area contributed by atoms with Crippen molar-refractivity contribution >= 4 is 29.2 Å². The molecule has 0 bridgehead atoms. The number of rotatable bonds is 6. The number of nitrogens with zero attached hydrogens (tertiary/aromatic N) is 1. The Bertz CT molecular complexity index is 844. The lowest BCUT2D eigenvalue weighted by Gasteiger charge is -2.23. The van der Waals surface area contributed by atoms with Crippen molar-refractivity contribution in [1.29, 1.82) is 0 Å². The van der Waals surface area contributed by atoms with E-state index in [0.29, 0.717) is 23.5 Å². The van der Waals surface area contributed by atoms with Gasteiger partial charge in [-0.25, -0.2) is 4.79 Å². The van der Waals surface area contributed by atoms with Gasteiger partial charge in [-0.1, -0.05) is 17.7 Å². The van der Waals surface area contributed by atoms with Crippen LogP contribution in [0.3, 0.4) is 0 Å². The summed E-state index contributed by atoms with van der Waals surface area (Å²) in [5.74, 6) is -0.947. The number of hydrogen-bond donors (Lipinski definition) is 1. The first-order valence-electron chi connectivity index (χ1n) is 8.74. The standard InChI is InChI=1S/C21H24N2O4/c1-5-27-21(26)17-7-9-18(10-8-17)22-20(25)13-23(16(4)24)19-11-6-14(2)12-15(19)3/h6-12H,5,13H2,1-4H3,(H,22,25). The quantitative estimate of drug-likeness (QED) is 0.792. The first kappa shape index (κ1) is 20.2. The Morgan fingerprint density at radius 3 is 2.26 bits per heavy atom. The summed E-state index contributed by atoms with van der Waals surface area (Å²) in [5.41, 5.74) is 3.68. The molecule has 142 valence electrons. The number of aryl methyl sites for hydroxylation is 2. The maximum Gasteiger partial charge on any atom is 0.338 e. The molecule has 2 aromatic carbocycles. The first-order valence-corrected chi connectivity index (χ1v) is 8.74. The van der Waals surface area contributed by atoms with E-state index in [9.17, 15) is 14.4 Å². The topological polar surface area (TPSA) is 75.7 Å². The van der Waals surface area contributed by atoms with Gasteiger partial charge in [0.1, 0.15) is 6.54 Å². The summed E-state index contributed by atoms with van der Waals surface area (Å²) in [5, 5.41) is 2.74. The van der Waals surface area contributed by atoms with Crippen LogP contribution in [0.4, 0.5) is 11.4 Å². The van der Waals surface area contributed by atoms with E-state index in [1.165, 1.54) is 11.8 Å². The molecule has 0 aliphatic rings. The fourth-order valence-electron chi connectivity index (χ4n) is 2.72. The van der Waals surface area contributed by atoms with E-state index in [4.69, 9.17) is 4.74 Å². The molecule has 0 atom stereocenters. The zero-order valence-electron chi connectivity index (χ0n) is 16.0. The molecule has 2 aromatic rings. The second-order valence-electron chi connectivity index (χ2n) is 6.24. The third-order valence-electron chi connectivity index (χ3n) is 4.00. The number of anilines is 2. The highest BCUT2D eigenvalue weighted by atomic mass is 16.5. The average Bonchev–Trinajstić information content (AvgIpc) is 2.61. The van der Waals surface area contributed by atoms with Crippen molar-refractivity contribution in [3.63, 3.8) is 0 Å². The van der Waals surface area contributed by atoms with Gasteiger partial charge in [-0.2, -0.15) is 0 Å². The number of benzene rings is 2. The van der Waals surface area contributed by atoms with Crippen LogP contribution in [0.25, 0.3) is 0 Å². The summed E-state index contributed by atoms with van der Waals surface area (Å²) in [4.78, 5) is 37.5. The van der Waals surface area contributed by atoms with Gasteiger partial charge in [-0.3, -0.25) is 9.59 Å². The summed E-state index contributed by atoms with van der Waals surface area (Å²) in [7, 11) is 0. The van der Waals surface area contributed by atoms with E-state index in [0.717, 1.165) is 11.1 Å². The van der Waals surface area contributed by atoms with Crippen molar-refractivity contribution in [2.24, 2.45) is 0 Å². The van der Waals surface area contributed by atoms with Crippen molar-refractivity contribution in [1.82, 2.24) is 0 Å². The van der Waals surface area contributed by atoms with Gasteiger partial charge in [0, 0.05) is 18.3 Å². The summed E-state index contributed by atoms with van der Waals surface area (Å²) < 4.78 is 4.93. The van der Waals surface area contributed by atoms with E-state index in [2.05, 4.69) is 5.32 Å². The molecule has 0 saturated carbocycles. The van der Waals surface area contributed by atoms with Gasteiger partial charge in [-0.15, -0.1) is 0 Å². The van der Waals surface area contributed by atoms with Crippen LogP contribution in [0.2, 0.25) is 0 Å². The van der Waals surface area contributed by atoms with Gasteiger partial charge < -0.3 is 15.0 Å². The SMILES string of the molecule is CCOC(=O)c1ccc(NC(=O)CN(C(C)=O)c2ccc(C)cc2C)cc1. The van der Waals surface area contributed by atoms with Crippen molar-refractivity contribution in [3.05, 3.63) is 59.2 Å². The predicted molar refractivity (Wildman–Crippen MR) is 105 cm³/mol. The van der Waals surface area contributed by atoms with Crippen LogP contribution < -0.4 is 10.2 Å². The Morgan fingerprint density at radius 2 is 1.70 bits per heavy atom. The monoisotopic (exact) mass is 368 g/mol. The van der Waals surface area contributed by atoms with Crippen LogP contribution in [0.15, 0.2) is 42.5 Å². The molecular weight excluding hydrogens is 344 g/mol. The summed E-state index contributed by atoms with van der Waals surface area (Å²) in [6.45, 7) is 7.26. The number of hydrogen-bond acceptors (Lipinski definition) is 4. The fourth-order valence-corrected chi connectivity index (χ4v) is 2.72. The molecule has 0 spiro atoms. The van der Waals surface area contributed by atoms with Gasteiger partial charge >= 0.3 is 5.97 Å². The molecule has 0 saturated heterocycles.